The number of hydrogen-bond acceptors (Lipinski definition) is 7. The third-order valence-corrected chi connectivity index (χ3v) is 21.0. The van der Waals surface area contributed by atoms with E-state index in [0.717, 1.165) is 44.9 Å². The first kappa shape index (κ1) is 41.9. The van der Waals surface area contributed by atoms with Crippen LogP contribution in [0.2, 0.25) is 5.04 Å². The van der Waals surface area contributed by atoms with Crippen molar-refractivity contribution in [2.75, 3.05) is 0 Å². The second-order valence-electron chi connectivity index (χ2n) is 20.3. The number of benzene rings is 2. The Morgan fingerprint density at radius 3 is 1.96 bits per heavy atom. The number of hydrogen-bond donors (Lipinski definition) is 0. The van der Waals surface area contributed by atoms with Gasteiger partial charge >= 0.3 is 17.9 Å². The molecule has 0 amide bonds. The lowest BCUT2D eigenvalue weighted by molar-refractivity contribution is -0.237. The van der Waals surface area contributed by atoms with Gasteiger partial charge in [0.1, 0.15) is 18.3 Å². The van der Waals surface area contributed by atoms with E-state index in [1.807, 2.05) is 0 Å². The SMILES string of the molecule is CC(=O)O[C@H]1[C@H](OC(C)=O)[C@H]2C[C@@H](O[Si](c3ccccc3)(c3ccccc3)C(C)(C)C)CC[C@]2(C)[C@H]2CC[C@]3(C)C([C@H](C)[C@@H]4C[C@H](C(C)C)CC(=O)O4)=CC[C@H]3[C@H]12. The van der Waals surface area contributed by atoms with Crippen molar-refractivity contribution in [2.24, 2.45) is 52.3 Å². The van der Waals surface area contributed by atoms with Crippen LogP contribution in [0.4, 0.5) is 0 Å². The van der Waals surface area contributed by atoms with E-state index >= 15 is 0 Å². The monoisotopic (exact) mass is 796 g/mol. The van der Waals surface area contributed by atoms with Crippen LogP contribution in [0.3, 0.4) is 0 Å². The molecular formula is C49H68O7Si. The topological polar surface area (TPSA) is 88.1 Å². The number of ether oxygens (including phenoxy) is 3. The smallest absolute Gasteiger partial charge is 0.306 e. The van der Waals surface area contributed by atoms with E-state index in [9.17, 15) is 14.4 Å². The molecule has 4 aliphatic carbocycles. The Morgan fingerprint density at radius 1 is 0.807 bits per heavy atom. The summed E-state index contributed by atoms with van der Waals surface area (Å²) in [6, 6.07) is 21.6. The van der Waals surface area contributed by atoms with Crippen LogP contribution in [-0.4, -0.2) is 50.6 Å². The van der Waals surface area contributed by atoms with E-state index in [-0.39, 0.29) is 75.6 Å². The number of allylic oxidation sites excluding steroid dienone is 1. The summed E-state index contributed by atoms with van der Waals surface area (Å²) in [5.74, 6) is 0.546. The van der Waals surface area contributed by atoms with Gasteiger partial charge < -0.3 is 18.6 Å². The van der Waals surface area contributed by atoms with E-state index in [4.69, 9.17) is 18.6 Å². The molecule has 0 spiro atoms. The molecule has 2 aromatic rings. The second kappa shape index (κ2) is 15.7. The van der Waals surface area contributed by atoms with Gasteiger partial charge in [0, 0.05) is 44.1 Å². The Morgan fingerprint density at radius 2 is 1.40 bits per heavy atom. The molecule has 7 rings (SSSR count). The van der Waals surface area contributed by atoms with Crippen LogP contribution in [0, 0.1) is 52.3 Å². The molecule has 7 nitrogen and oxygen atoms in total. The molecule has 0 unspecified atom stereocenters. The average Bonchev–Trinajstić information content (AvgIpc) is 3.51. The fourth-order valence-electron chi connectivity index (χ4n) is 13.1. The minimum absolute atomic E-state index is 0.0191. The number of carbonyl (C=O) groups excluding carboxylic acids is 3. The van der Waals surface area contributed by atoms with Gasteiger partial charge in [0.25, 0.3) is 8.32 Å². The fourth-order valence-corrected chi connectivity index (χ4v) is 17.8. The average molecular weight is 797 g/mol. The third-order valence-electron chi connectivity index (χ3n) is 15.9. The Labute approximate surface area is 343 Å². The van der Waals surface area contributed by atoms with E-state index in [1.54, 1.807) is 0 Å². The summed E-state index contributed by atoms with van der Waals surface area (Å²) in [7, 11) is -2.86. The first-order valence-corrected chi connectivity index (χ1v) is 23.8. The lowest BCUT2D eigenvalue weighted by atomic mass is 9.43. The van der Waals surface area contributed by atoms with E-state index < -0.39 is 20.5 Å². The normalized spacial score (nSPS) is 35.9. The van der Waals surface area contributed by atoms with Crippen molar-refractivity contribution < 1.29 is 33.0 Å². The first-order chi connectivity index (χ1) is 26.9. The zero-order chi connectivity index (χ0) is 41.1. The molecule has 1 saturated heterocycles. The van der Waals surface area contributed by atoms with E-state index in [1.165, 1.54) is 29.8 Å². The van der Waals surface area contributed by atoms with E-state index in [2.05, 4.69) is 122 Å². The summed E-state index contributed by atoms with van der Waals surface area (Å²) in [5.41, 5.74) is 1.09. The molecule has 2 aromatic carbocycles. The zero-order valence-electron chi connectivity index (χ0n) is 36.2. The summed E-state index contributed by atoms with van der Waals surface area (Å²) >= 11 is 0. The predicted octanol–water partition coefficient (Wildman–Crippen LogP) is 9.21. The predicted molar refractivity (Wildman–Crippen MR) is 226 cm³/mol. The molecule has 0 aromatic heterocycles. The minimum Gasteiger partial charge on any atom is -0.462 e. The number of cyclic esters (lactones) is 1. The Balaban J connectivity index is 1.24. The summed E-state index contributed by atoms with van der Waals surface area (Å²) < 4.78 is 26.8. The summed E-state index contributed by atoms with van der Waals surface area (Å²) in [4.78, 5) is 39.2. The molecule has 5 aliphatic rings. The van der Waals surface area contributed by atoms with Crippen LogP contribution in [0.15, 0.2) is 72.3 Å². The number of fused-ring (bicyclic) bond motifs is 5. The van der Waals surface area contributed by atoms with E-state index in [0.29, 0.717) is 18.3 Å². The number of carbonyl (C=O) groups is 3. The van der Waals surface area contributed by atoms with Gasteiger partial charge in [-0.25, -0.2) is 0 Å². The van der Waals surface area contributed by atoms with Gasteiger partial charge in [0.15, 0.2) is 0 Å². The van der Waals surface area contributed by atoms with Gasteiger partial charge in [-0.1, -0.05) is 128 Å². The van der Waals surface area contributed by atoms with Crippen LogP contribution in [0.5, 0.6) is 0 Å². The van der Waals surface area contributed by atoms with Gasteiger partial charge in [-0.2, -0.15) is 0 Å². The molecule has 57 heavy (non-hydrogen) atoms. The zero-order valence-corrected chi connectivity index (χ0v) is 37.2. The Kier molecular flexibility index (Phi) is 11.6. The molecule has 4 fully saturated rings. The van der Waals surface area contributed by atoms with Crippen molar-refractivity contribution in [3.05, 3.63) is 72.3 Å². The van der Waals surface area contributed by atoms with Crippen molar-refractivity contribution >= 4 is 36.6 Å². The van der Waals surface area contributed by atoms with Crippen molar-refractivity contribution in [1.29, 1.82) is 0 Å². The van der Waals surface area contributed by atoms with Crippen molar-refractivity contribution in [2.45, 2.75) is 150 Å². The molecule has 0 bridgehead atoms. The van der Waals surface area contributed by atoms with Crippen LogP contribution in [-0.2, 0) is 33.0 Å². The first-order valence-electron chi connectivity index (χ1n) is 21.9. The maximum absolute atomic E-state index is 13.2. The molecule has 1 heterocycles. The largest absolute Gasteiger partial charge is 0.462 e. The molecule has 8 heteroatoms. The molecule has 1 aliphatic heterocycles. The molecule has 0 N–H and O–H groups in total. The maximum atomic E-state index is 13.2. The second-order valence-corrected chi connectivity index (χ2v) is 24.6. The highest BCUT2D eigenvalue weighted by Gasteiger charge is 2.67. The molecule has 12 atom stereocenters. The quantitative estimate of drug-likeness (QED) is 0.108. The third kappa shape index (κ3) is 7.38. The van der Waals surface area contributed by atoms with Crippen LogP contribution in [0.25, 0.3) is 0 Å². The van der Waals surface area contributed by atoms with Gasteiger partial charge in [0.05, 0.1) is 0 Å². The highest BCUT2D eigenvalue weighted by Crippen LogP contribution is 2.68. The summed E-state index contributed by atoms with van der Waals surface area (Å²) in [6.07, 6.45) is 7.94. The molecular weight excluding hydrogens is 729 g/mol. The molecule has 0 radical (unpaired) electrons. The Bertz CT molecular complexity index is 1780. The number of esters is 3. The van der Waals surface area contributed by atoms with Crippen molar-refractivity contribution in [3.8, 4) is 0 Å². The lowest BCUT2D eigenvalue weighted by Gasteiger charge is -2.64. The highest BCUT2D eigenvalue weighted by molar-refractivity contribution is 6.99. The number of rotatable bonds is 9. The van der Waals surface area contributed by atoms with Crippen LogP contribution in [0.1, 0.15) is 121 Å². The van der Waals surface area contributed by atoms with Gasteiger partial charge in [-0.3, -0.25) is 14.4 Å². The van der Waals surface area contributed by atoms with Gasteiger partial charge in [0.2, 0.25) is 0 Å². The maximum Gasteiger partial charge on any atom is 0.306 e. The van der Waals surface area contributed by atoms with Gasteiger partial charge in [-0.05, 0) is 94.9 Å². The van der Waals surface area contributed by atoms with Crippen molar-refractivity contribution in [1.82, 2.24) is 0 Å². The highest BCUT2D eigenvalue weighted by atomic mass is 28.4. The lowest BCUT2D eigenvalue weighted by Crippen LogP contribution is -2.69. The molecule has 310 valence electrons. The summed E-state index contributed by atoms with van der Waals surface area (Å²) in [6.45, 7) is 21.5. The van der Waals surface area contributed by atoms with Crippen LogP contribution >= 0.6 is 0 Å². The van der Waals surface area contributed by atoms with Gasteiger partial charge in [-0.15, -0.1) is 0 Å². The standard InChI is InChI=1S/C49H68O7Si/c1-30(2)34-27-42(55-43(52)28-34)31(3)38-21-22-39-44-40(24-26-48(38,39)9)49(10)25-23-35(29-41(49)45(53-32(4)50)46(44)54-33(5)51)56-57(47(6,7)8,36-17-13-11-14-18-36)37-19-15-12-16-20-37/h11-21,30-31,34-35,39-42,44-46H,22-29H2,1-10H3/t31-,34-,35-,39-,40-,41+,42-,44-,45+,46+,48+,49+/m0/s1. The van der Waals surface area contributed by atoms with Crippen molar-refractivity contribution in [3.63, 3.8) is 0 Å². The summed E-state index contributed by atoms with van der Waals surface area (Å²) in [5, 5.41) is 2.33. The fraction of sp³-hybridized carbons (Fsp3) is 0.653. The van der Waals surface area contributed by atoms with Crippen LogP contribution < -0.4 is 10.4 Å². The Hall–Kier alpha value is -3.23. The molecule has 3 saturated carbocycles. The minimum atomic E-state index is -2.86.